The Morgan fingerprint density at radius 2 is 1.81 bits per heavy atom. The molecule has 0 saturated carbocycles. The van der Waals surface area contributed by atoms with Crippen LogP contribution in [0.4, 0.5) is 10.8 Å². The van der Waals surface area contributed by atoms with Crippen LogP contribution in [-0.2, 0) is 26.1 Å². The zero-order chi connectivity index (χ0) is 21.4. The molecule has 3 aliphatic heterocycles. The van der Waals surface area contributed by atoms with Gasteiger partial charge in [-0.3, -0.25) is 9.59 Å². The zero-order valence-corrected chi connectivity index (χ0v) is 18.2. The largest absolute Gasteiger partial charge is 0.381 e. The number of nitrogens with zero attached hydrogens (tertiary/aromatic N) is 3. The van der Waals surface area contributed by atoms with Crippen LogP contribution in [0.1, 0.15) is 33.8 Å². The van der Waals surface area contributed by atoms with Crippen molar-refractivity contribution in [1.29, 1.82) is 0 Å². The standard InChI is InChI=1S/C22H26N4O4S/c23-20(28)19-16(24-21(31-19)25-7-11-30-12-8-25)13-18(27)26-14-22(5-9-29-10-6-22)15-3-1-2-4-17(15)26/h1-4H,5-14H2,(H2,23,28). The van der Waals surface area contributed by atoms with Crippen molar-refractivity contribution in [3.05, 3.63) is 40.4 Å². The summed E-state index contributed by atoms with van der Waals surface area (Å²) in [7, 11) is 0. The van der Waals surface area contributed by atoms with Crippen molar-refractivity contribution in [2.45, 2.75) is 24.7 Å². The predicted octanol–water partition coefficient (Wildman–Crippen LogP) is 1.72. The van der Waals surface area contributed by atoms with Gasteiger partial charge in [0.1, 0.15) is 4.88 Å². The van der Waals surface area contributed by atoms with Crippen LogP contribution < -0.4 is 15.5 Å². The molecule has 0 radical (unpaired) electrons. The van der Waals surface area contributed by atoms with Gasteiger partial charge in [-0.1, -0.05) is 29.5 Å². The Kier molecular flexibility index (Phi) is 5.41. The first-order valence-electron chi connectivity index (χ1n) is 10.7. The Labute approximate surface area is 184 Å². The van der Waals surface area contributed by atoms with Crippen molar-refractivity contribution < 1.29 is 19.1 Å². The first-order valence-corrected chi connectivity index (χ1v) is 11.5. The quantitative estimate of drug-likeness (QED) is 0.774. The molecule has 164 valence electrons. The number of anilines is 2. The molecule has 0 aliphatic carbocycles. The molecule has 2 aromatic rings. The number of fused-ring (bicyclic) bond motifs is 2. The molecule has 5 rings (SSSR count). The lowest BCUT2D eigenvalue weighted by Crippen LogP contribution is -2.41. The van der Waals surface area contributed by atoms with Crippen LogP contribution in [0.25, 0.3) is 0 Å². The maximum atomic E-state index is 13.4. The topological polar surface area (TPSA) is 98.0 Å². The number of para-hydroxylation sites is 1. The third kappa shape index (κ3) is 3.71. The highest BCUT2D eigenvalue weighted by atomic mass is 32.1. The second-order valence-electron chi connectivity index (χ2n) is 8.30. The number of morpholine rings is 1. The summed E-state index contributed by atoms with van der Waals surface area (Å²) in [6.45, 7) is 4.72. The molecular weight excluding hydrogens is 416 g/mol. The number of hydrogen-bond donors (Lipinski definition) is 1. The lowest BCUT2D eigenvalue weighted by Gasteiger charge is -2.34. The number of hydrogen-bond acceptors (Lipinski definition) is 7. The van der Waals surface area contributed by atoms with Gasteiger partial charge in [0, 0.05) is 44.0 Å². The van der Waals surface area contributed by atoms with E-state index in [9.17, 15) is 9.59 Å². The Bertz CT molecular complexity index is 995. The number of thiazole rings is 1. The van der Waals surface area contributed by atoms with E-state index in [4.69, 9.17) is 15.2 Å². The predicted molar refractivity (Wildman–Crippen MR) is 118 cm³/mol. The number of aromatic nitrogens is 1. The molecule has 0 unspecified atom stereocenters. The minimum absolute atomic E-state index is 0.0556. The summed E-state index contributed by atoms with van der Waals surface area (Å²) in [6, 6.07) is 8.13. The number of amides is 2. The van der Waals surface area contributed by atoms with Crippen molar-refractivity contribution in [2.75, 3.05) is 55.9 Å². The number of carbonyl (C=O) groups excluding carboxylic acids is 2. The Morgan fingerprint density at radius 3 is 2.55 bits per heavy atom. The van der Waals surface area contributed by atoms with E-state index in [1.807, 2.05) is 23.1 Å². The van der Waals surface area contributed by atoms with E-state index in [0.29, 0.717) is 56.6 Å². The monoisotopic (exact) mass is 442 g/mol. The van der Waals surface area contributed by atoms with Gasteiger partial charge in [0.15, 0.2) is 5.13 Å². The Hall–Kier alpha value is -2.49. The number of ether oxygens (including phenoxy) is 2. The molecule has 8 nitrogen and oxygen atoms in total. The first-order chi connectivity index (χ1) is 15.1. The second kappa shape index (κ2) is 8.22. The molecule has 1 spiro atoms. The second-order valence-corrected chi connectivity index (χ2v) is 9.28. The highest BCUT2D eigenvalue weighted by Crippen LogP contribution is 2.46. The fraction of sp³-hybridized carbons (Fsp3) is 0.500. The average molecular weight is 443 g/mol. The number of primary amides is 1. The van der Waals surface area contributed by atoms with Crippen LogP contribution in [0.5, 0.6) is 0 Å². The van der Waals surface area contributed by atoms with Crippen LogP contribution in [0.3, 0.4) is 0 Å². The lowest BCUT2D eigenvalue weighted by atomic mass is 9.76. The molecular formula is C22H26N4O4S. The average Bonchev–Trinajstić information content (AvgIpc) is 3.35. The molecule has 2 saturated heterocycles. The van der Waals surface area contributed by atoms with Gasteiger partial charge in [0.2, 0.25) is 5.91 Å². The lowest BCUT2D eigenvalue weighted by molar-refractivity contribution is -0.118. The molecule has 9 heteroatoms. The van der Waals surface area contributed by atoms with E-state index in [1.165, 1.54) is 16.9 Å². The van der Waals surface area contributed by atoms with Gasteiger partial charge >= 0.3 is 0 Å². The number of carbonyl (C=O) groups is 2. The molecule has 2 fully saturated rings. The van der Waals surface area contributed by atoms with Crippen molar-refractivity contribution >= 4 is 34.0 Å². The summed E-state index contributed by atoms with van der Waals surface area (Å²) >= 11 is 1.26. The zero-order valence-electron chi connectivity index (χ0n) is 17.3. The molecule has 0 bridgehead atoms. The summed E-state index contributed by atoms with van der Waals surface area (Å²) in [5.74, 6) is -0.598. The number of nitrogens with two attached hydrogens (primary N) is 1. The van der Waals surface area contributed by atoms with Crippen molar-refractivity contribution in [3.63, 3.8) is 0 Å². The minimum atomic E-state index is -0.539. The van der Waals surface area contributed by atoms with E-state index >= 15 is 0 Å². The molecule has 2 N–H and O–H groups in total. The minimum Gasteiger partial charge on any atom is -0.381 e. The van der Waals surface area contributed by atoms with Gasteiger partial charge in [-0.15, -0.1) is 0 Å². The number of benzene rings is 1. The maximum Gasteiger partial charge on any atom is 0.260 e. The summed E-state index contributed by atoms with van der Waals surface area (Å²) < 4.78 is 11.0. The molecule has 4 heterocycles. The Balaban J connectivity index is 1.41. The van der Waals surface area contributed by atoms with Gasteiger partial charge in [-0.2, -0.15) is 0 Å². The van der Waals surface area contributed by atoms with Crippen molar-refractivity contribution in [1.82, 2.24) is 4.98 Å². The van der Waals surface area contributed by atoms with Gasteiger partial charge in [-0.05, 0) is 24.5 Å². The van der Waals surface area contributed by atoms with Crippen molar-refractivity contribution in [3.8, 4) is 0 Å². The highest BCUT2D eigenvalue weighted by Gasteiger charge is 2.45. The summed E-state index contributed by atoms with van der Waals surface area (Å²) in [5, 5.41) is 0.725. The third-order valence-corrected chi connectivity index (χ3v) is 7.66. The molecule has 1 aromatic carbocycles. The Morgan fingerprint density at radius 1 is 1.10 bits per heavy atom. The summed E-state index contributed by atoms with van der Waals surface area (Å²) in [6.07, 6.45) is 1.86. The van der Waals surface area contributed by atoms with Crippen LogP contribution in [0.15, 0.2) is 24.3 Å². The smallest absolute Gasteiger partial charge is 0.260 e. The third-order valence-electron chi connectivity index (χ3n) is 6.49. The van der Waals surface area contributed by atoms with Gasteiger partial charge in [0.25, 0.3) is 5.91 Å². The fourth-order valence-electron chi connectivity index (χ4n) is 4.82. The van der Waals surface area contributed by atoms with Gasteiger partial charge in [0.05, 0.1) is 25.3 Å². The van der Waals surface area contributed by atoms with Crippen LogP contribution in [-0.4, -0.2) is 62.9 Å². The summed E-state index contributed by atoms with van der Waals surface area (Å²) in [4.78, 5) is 34.5. The first kappa shape index (κ1) is 20.4. The van der Waals surface area contributed by atoms with Gasteiger partial charge < -0.3 is 25.0 Å². The fourth-order valence-corrected chi connectivity index (χ4v) is 5.81. The van der Waals surface area contributed by atoms with E-state index in [-0.39, 0.29) is 17.7 Å². The van der Waals surface area contributed by atoms with Crippen molar-refractivity contribution in [2.24, 2.45) is 5.73 Å². The highest BCUT2D eigenvalue weighted by molar-refractivity contribution is 7.17. The molecule has 3 aliphatic rings. The molecule has 31 heavy (non-hydrogen) atoms. The van der Waals surface area contributed by atoms with E-state index in [0.717, 1.165) is 23.7 Å². The number of rotatable bonds is 4. The normalized spacial score (nSPS) is 20.1. The van der Waals surface area contributed by atoms with E-state index in [1.54, 1.807) is 0 Å². The molecule has 1 aromatic heterocycles. The molecule has 0 atom stereocenters. The van der Waals surface area contributed by atoms with Crippen LogP contribution >= 0.6 is 11.3 Å². The molecule has 2 amide bonds. The van der Waals surface area contributed by atoms with E-state index < -0.39 is 5.91 Å². The summed E-state index contributed by atoms with van der Waals surface area (Å²) in [5.41, 5.74) is 8.21. The van der Waals surface area contributed by atoms with E-state index in [2.05, 4.69) is 16.0 Å². The van der Waals surface area contributed by atoms with Crippen LogP contribution in [0, 0.1) is 0 Å². The van der Waals surface area contributed by atoms with Crippen LogP contribution in [0.2, 0.25) is 0 Å². The maximum absolute atomic E-state index is 13.4. The van der Waals surface area contributed by atoms with Gasteiger partial charge in [-0.25, -0.2) is 4.98 Å². The SMILES string of the molecule is NC(=O)c1sc(N2CCOCC2)nc1CC(=O)N1CC2(CCOCC2)c2ccccc21.